The fourth-order valence-electron chi connectivity index (χ4n) is 1.40. The molecule has 0 aliphatic rings. The monoisotopic (exact) mass is 270 g/mol. The highest BCUT2D eigenvalue weighted by molar-refractivity contribution is 6.31. The summed E-state index contributed by atoms with van der Waals surface area (Å²) in [4.78, 5) is 22.4. The van der Waals surface area contributed by atoms with Crippen molar-refractivity contribution < 1.29 is 14.7 Å². The van der Waals surface area contributed by atoms with Crippen LogP contribution in [0.5, 0.6) is 0 Å². The predicted octanol–water partition coefficient (Wildman–Crippen LogP) is 1.97. The van der Waals surface area contributed by atoms with E-state index in [1.807, 2.05) is 13.8 Å². The zero-order valence-electron chi connectivity index (χ0n) is 10.2. The first-order chi connectivity index (χ1) is 8.40. The van der Waals surface area contributed by atoms with Gasteiger partial charge in [-0.15, -0.1) is 0 Å². The zero-order valence-corrected chi connectivity index (χ0v) is 10.9. The highest BCUT2D eigenvalue weighted by Crippen LogP contribution is 2.20. The Kier molecular flexibility index (Phi) is 4.97. The van der Waals surface area contributed by atoms with Gasteiger partial charge >= 0.3 is 5.97 Å². The topological polar surface area (TPSA) is 78.4 Å². The van der Waals surface area contributed by atoms with E-state index in [2.05, 4.69) is 10.6 Å². The number of nitrogens with one attached hydrogen (secondary N) is 2. The summed E-state index contributed by atoms with van der Waals surface area (Å²) in [5.41, 5.74) is 0.408. The largest absolute Gasteiger partial charge is 0.478 e. The maximum atomic E-state index is 11.4. The molecular weight excluding hydrogens is 256 g/mol. The van der Waals surface area contributed by atoms with Crippen LogP contribution in [0.2, 0.25) is 5.02 Å². The van der Waals surface area contributed by atoms with Gasteiger partial charge in [0.15, 0.2) is 0 Å². The Morgan fingerprint density at radius 3 is 2.61 bits per heavy atom. The van der Waals surface area contributed by atoms with E-state index in [1.54, 1.807) is 6.07 Å². The van der Waals surface area contributed by atoms with Crippen LogP contribution in [0.4, 0.5) is 5.69 Å². The number of amides is 1. The molecule has 18 heavy (non-hydrogen) atoms. The molecule has 6 heteroatoms. The molecule has 0 unspecified atom stereocenters. The number of halogens is 1. The molecule has 0 aliphatic heterocycles. The first-order valence-corrected chi connectivity index (χ1v) is 5.84. The maximum Gasteiger partial charge on any atom is 0.337 e. The van der Waals surface area contributed by atoms with E-state index < -0.39 is 5.97 Å². The third-order valence-electron chi connectivity index (χ3n) is 2.10. The van der Waals surface area contributed by atoms with Crippen LogP contribution in [0.1, 0.15) is 24.2 Å². The van der Waals surface area contributed by atoms with Gasteiger partial charge in [-0.05, 0) is 32.0 Å². The van der Waals surface area contributed by atoms with Crippen LogP contribution in [0.3, 0.4) is 0 Å². The van der Waals surface area contributed by atoms with Gasteiger partial charge in [0.25, 0.3) is 0 Å². The molecular formula is C12H15ClN2O3. The summed E-state index contributed by atoms with van der Waals surface area (Å²) < 4.78 is 0. The first kappa shape index (κ1) is 14.3. The van der Waals surface area contributed by atoms with Crippen molar-refractivity contribution in [1.82, 2.24) is 5.32 Å². The van der Waals surface area contributed by atoms with Crippen molar-refractivity contribution in [3.05, 3.63) is 28.8 Å². The summed E-state index contributed by atoms with van der Waals surface area (Å²) in [5.74, 6) is -1.29. The molecule has 1 aromatic carbocycles. The number of hydrogen-bond donors (Lipinski definition) is 3. The Balaban J connectivity index is 2.73. The minimum absolute atomic E-state index is 0.0140. The number of hydrogen-bond acceptors (Lipinski definition) is 3. The molecule has 0 atom stereocenters. The lowest BCUT2D eigenvalue weighted by Crippen LogP contribution is -2.35. The molecule has 1 aromatic rings. The van der Waals surface area contributed by atoms with Crippen LogP contribution >= 0.6 is 11.6 Å². The van der Waals surface area contributed by atoms with Crippen molar-refractivity contribution in [3.63, 3.8) is 0 Å². The van der Waals surface area contributed by atoms with E-state index in [0.717, 1.165) is 0 Å². The maximum absolute atomic E-state index is 11.4. The fraction of sp³-hybridized carbons (Fsp3) is 0.333. The van der Waals surface area contributed by atoms with Crippen molar-refractivity contribution in [3.8, 4) is 0 Å². The van der Waals surface area contributed by atoms with Gasteiger partial charge < -0.3 is 15.7 Å². The summed E-state index contributed by atoms with van der Waals surface area (Å²) in [6, 6.07) is 4.49. The molecule has 0 aliphatic carbocycles. The van der Waals surface area contributed by atoms with Gasteiger partial charge in [-0.1, -0.05) is 11.6 Å². The fourth-order valence-corrected chi connectivity index (χ4v) is 1.57. The molecule has 0 saturated carbocycles. The Morgan fingerprint density at radius 1 is 1.39 bits per heavy atom. The third kappa shape index (κ3) is 4.25. The van der Waals surface area contributed by atoms with Gasteiger partial charge in [0, 0.05) is 16.8 Å². The number of aromatic carboxylic acids is 1. The number of rotatable bonds is 5. The average molecular weight is 271 g/mol. The normalized spacial score (nSPS) is 10.2. The second-order valence-electron chi connectivity index (χ2n) is 4.07. The molecule has 1 amide bonds. The molecule has 0 spiro atoms. The standard InChI is InChI=1S/C12H15ClN2O3/c1-7(2)15-11(16)6-14-10-4-3-8(13)5-9(10)12(17)18/h3-5,7,14H,6H2,1-2H3,(H,15,16)(H,17,18). The minimum atomic E-state index is -1.09. The highest BCUT2D eigenvalue weighted by Gasteiger charge is 2.11. The Labute approximate surface area is 110 Å². The van der Waals surface area contributed by atoms with Crippen molar-refractivity contribution in [2.24, 2.45) is 0 Å². The molecule has 0 saturated heterocycles. The van der Waals surface area contributed by atoms with E-state index in [0.29, 0.717) is 10.7 Å². The summed E-state index contributed by atoms with van der Waals surface area (Å²) in [6.45, 7) is 3.71. The molecule has 1 rings (SSSR count). The number of carbonyl (C=O) groups excluding carboxylic acids is 1. The second kappa shape index (κ2) is 6.26. The molecule has 0 fully saturated rings. The van der Waals surface area contributed by atoms with Crippen LogP contribution in [0.25, 0.3) is 0 Å². The molecule has 0 radical (unpaired) electrons. The molecule has 3 N–H and O–H groups in total. The van der Waals surface area contributed by atoms with E-state index >= 15 is 0 Å². The van der Waals surface area contributed by atoms with Crippen molar-refractivity contribution in [2.45, 2.75) is 19.9 Å². The Bertz CT molecular complexity index is 461. The number of carboxylic acid groups (broad SMARTS) is 1. The average Bonchev–Trinajstić information content (AvgIpc) is 2.26. The lowest BCUT2D eigenvalue weighted by Gasteiger charge is -2.11. The molecule has 5 nitrogen and oxygen atoms in total. The second-order valence-corrected chi connectivity index (χ2v) is 4.51. The van der Waals surface area contributed by atoms with Gasteiger partial charge in [0.05, 0.1) is 12.1 Å². The smallest absolute Gasteiger partial charge is 0.337 e. The quantitative estimate of drug-likeness (QED) is 0.764. The first-order valence-electron chi connectivity index (χ1n) is 5.46. The summed E-state index contributed by atoms with van der Waals surface area (Å²) in [7, 11) is 0. The molecule has 0 aromatic heterocycles. The zero-order chi connectivity index (χ0) is 13.7. The van der Waals surface area contributed by atoms with Gasteiger partial charge in [-0.2, -0.15) is 0 Å². The lowest BCUT2D eigenvalue weighted by molar-refractivity contribution is -0.119. The van der Waals surface area contributed by atoms with Gasteiger partial charge in [0.2, 0.25) is 5.91 Å². The summed E-state index contributed by atoms with van der Waals surface area (Å²) in [5, 5.41) is 14.8. The van der Waals surface area contributed by atoms with Gasteiger partial charge in [0.1, 0.15) is 0 Å². The van der Waals surface area contributed by atoms with Gasteiger partial charge in [-0.25, -0.2) is 4.79 Å². The predicted molar refractivity (Wildman–Crippen MR) is 70.2 cm³/mol. The number of anilines is 1. The number of carboxylic acids is 1. The Morgan fingerprint density at radius 2 is 2.06 bits per heavy atom. The van der Waals surface area contributed by atoms with Crippen LogP contribution in [0, 0.1) is 0 Å². The molecule has 0 bridgehead atoms. The summed E-state index contributed by atoms with van der Waals surface area (Å²) in [6.07, 6.45) is 0. The van der Waals surface area contributed by atoms with Crippen LogP contribution in [-0.2, 0) is 4.79 Å². The van der Waals surface area contributed by atoms with E-state index in [9.17, 15) is 9.59 Å². The van der Waals surface area contributed by atoms with Crippen molar-refractivity contribution >= 4 is 29.2 Å². The minimum Gasteiger partial charge on any atom is -0.478 e. The summed E-state index contributed by atoms with van der Waals surface area (Å²) >= 11 is 5.72. The molecule has 0 heterocycles. The van der Waals surface area contributed by atoms with E-state index in [4.69, 9.17) is 16.7 Å². The van der Waals surface area contributed by atoms with Crippen molar-refractivity contribution in [2.75, 3.05) is 11.9 Å². The Hall–Kier alpha value is -1.75. The number of benzene rings is 1. The van der Waals surface area contributed by atoms with Gasteiger partial charge in [-0.3, -0.25) is 4.79 Å². The lowest BCUT2D eigenvalue weighted by atomic mass is 10.2. The van der Waals surface area contributed by atoms with Crippen LogP contribution in [-0.4, -0.2) is 29.6 Å². The molecule has 98 valence electrons. The van der Waals surface area contributed by atoms with E-state index in [-0.39, 0.29) is 24.1 Å². The number of carbonyl (C=O) groups is 2. The van der Waals surface area contributed by atoms with E-state index in [1.165, 1.54) is 12.1 Å². The van der Waals surface area contributed by atoms with Crippen LogP contribution < -0.4 is 10.6 Å². The highest BCUT2D eigenvalue weighted by atomic mass is 35.5. The van der Waals surface area contributed by atoms with Crippen molar-refractivity contribution in [1.29, 1.82) is 0 Å². The van der Waals surface area contributed by atoms with Crippen LogP contribution in [0.15, 0.2) is 18.2 Å². The third-order valence-corrected chi connectivity index (χ3v) is 2.34. The SMILES string of the molecule is CC(C)NC(=O)CNc1ccc(Cl)cc1C(=O)O.